The maximum Gasteiger partial charge on any atom is 1.00 e. The molecule has 0 heterocycles. The monoisotopic (exact) mass is 832 g/mol. The first kappa shape index (κ1) is 49.7. The molecule has 0 saturated heterocycles. The van der Waals surface area contributed by atoms with Crippen molar-refractivity contribution in [3.8, 4) is 23.0 Å². The van der Waals surface area contributed by atoms with Gasteiger partial charge in [0.05, 0.1) is 19.6 Å². The smallest absolute Gasteiger partial charge is 0.744 e. The van der Waals surface area contributed by atoms with Crippen molar-refractivity contribution in [3.05, 3.63) is 93.0 Å². The Balaban J connectivity index is 0.00000338. The van der Waals surface area contributed by atoms with Gasteiger partial charge in [-0.3, -0.25) is 0 Å². The second-order valence-corrected chi connectivity index (χ2v) is 16.4. The van der Waals surface area contributed by atoms with Gasteiger partial charge < -0.3 is 38.6 Å². The quantitative estimate of drug-likeness (QED) is 0.0965. The fraction of sp³-hybridized carbons (Fsp3) is 0.143. The van der Waals surface area contributed by atoms with E-state index in [0.29, 0.717) is 48.5 Å². The zero-order chi connectivity index (χ0) is 35.7. The first-order valence-electron chi connectivity index (χ1n) is 13.2. The Morgan fingerprint density at radius 1 is 0.327 bits per heavy atom. The van der Waals surface area contributed by atoms with Crippen molar-refractivity contribution in [2.45, 2.75) is 45.3 Å². The van der Waals surface area contributed by atoms with Crippen molar-refractivity contribution < 1.29 is 191 Å². The molecule has 256 valence electrons. The zero-order valence-electron chi connectivity index (χ0n) is 27.8. The molecule has 1 aliphatic rings. The number of fused-ring (bicyclic) bond motifs is 8. The number of hydrogen-bond donors (Lipinski definition) is 4. The normalized spacial score (nSPS) is 13.0. The van der Waals surface area contributed by atoms with Crippen LogP contribution in [-0.4, -0.2) is 72.3 Å². The zero-order valence-corrected chi connectivity index (χ0v) is 39.0. The number of benzene rings is 4. The Morgan fingerprint density at radius 2 is 0.442 bits per heavy atom. The van der Waals surface area contributed by atoms with Gasteiger partial charge in [-0.2, -0.15) is 0 Å². The number of hydrogen-bond acceptors (Lipinski definition) is 16. The van der Waals surface area contributed by atoms with Gasteiger partial charge in [0.1, 0.15) is 63.5 Å². The molecule has 4 aromatic rings. The Kier molecular flexibility index (Phi) is 17.1. The standard InChI is InChI=1S/C28H24O16S4.4Na/c29-25-13-1-14-6-22(46(36,37)38)8-16(26(14)30)3-18-10-24(48(42,43)44)12-20(28(18)32)4-19-11-23(47(39,40)41)9-17(27(19)31)2-15(25)7-21(5-13)45(33,34)35;;;;/h5-12,29-32H,1-4H2,(H,33,34,35)(H,36,37,38)(H,39,40,41)(H,42,43,44);;;;/q;4*+1/p-4. The summed E-state index contributed by atoms with van der Waals surface area (Å²) in [5.74, 6) is -3.07. The van der Waals surface area contributed by atoms with E-state index in [1.807, 2.05) is 0 Å². The molecule has 0 spiro atoms. The first-order valence-corrected chi connectivity index (χ1v) is 18.8. The first-order chi connectivity index (χ1) is 21.9. The van der Waals surface area contributed by atoms with Crippen molar-refractivity contribution >= 4 is 40.5 Å². The second-order valence-electron chi connectivity index (χ2n) is 10.9. The van der Waals surface area contributed by atoms with Crippen LogP contribution in [0.2, 0.25) is 0 Å². The molecule has 16 nitrogen and oxygen atoms in total. The van der Waals surface area contributed by atoms with Crippen molar-refractivity contribution in [2.75, 3.05) is 0 Å². The van der Waals surface area contributed by atoms with E-state index in [4.69, 9.17) is 0 Å². The largest absolute Gasteiger partial charge is 1.00 e. The second kappa shape index (κ2) is 17.9. The van der Waals surface area contributed by atoms with E-state index in [1.165, 1.54) is 0 Å². The van der Waals surface area contributed by atoms with Gasteiger partial charge in [-0.05, 0) is 93.0 Å². The van der Waals surface area contributed by atoms with Crippen LogP contribution >= 0.6 is 0 Å². The fourth-order valence-corrected chi connectivity index (χ4v) is 7.68. The summed E-state index contributed by atoms with van der Waals surface area (Å²) in [7, 11) is -21.1. The Bertz CT molecular complexity index is 2060. The van der Waals surface area contributed by atoms with Gasteiger partial charge in [-0.25, -0.2) is 33.7 Å². The van der Waals surface area contributed by atoms with E-state index in [-0.39, 0.29) is 118 Å². The summed E-state index contributed by atoms with van der Waals surface area (Å²) in [6.45, 7) is 0. The molecule has 8 bridgehead atoms. The minimum atomic E-state index is -5.29. The molecule has 0 atom stereocenters. The molecule has 0 unspecified atom stereocenters. The predicted octanol–water partition coefficient (Wildman–Crippen LogP) is -11.2. The van der Waals surface area contributed by atoms with Gasteiger partial charge in [-0.1, -0.05) is 0 Å². The molecular weight excluding hydrogens is 813 g/mol. The average molecular weight is 833 g/mol. The minimum Gasteiger partial charge on any atom is -0.744 e. The van der Waals surface area contributed by atoms with E-state index >= 15 is 0 Å². The fourth-order valence-electron chi connectivity index (χ4n) is 5.39. The Hall–Kier alpha value is -0.280. The summed E-state index contributed by atoms with van der Waals surface area (Å²) in [6, 6.07) is 5.49. The Labute approximate surface area is 386 Å². The molecule has 24 heteroatoms. The SMILES string of the molecule is O=S(=O)([O-])c1cc2c(O)c(c1)Cc1cc(S(=O)(=O)[O-])cc(c1O)Cc1cc(S(=O)(=O)[O-])cc(c1O)Cc1cc(S(=O)(=O)[O-])cc(c1O)C2.[Na+].[Na+].[Na+].[Na+]. The van der Waals surface area contributed by atoms with Gasteiger partial charge >= 0.3 is 118 Å². The number of aromatic hydroxyl groups is 4. The molecule has 0 saturated carbocycles. The van der Waals surface area contributed by atoms with Crippen molar-refractivity contribution in [1.82, 2.24) is 0 Å². The van der Waals surface area contributed by atoms with Crippen LogP contribution in [0.25, 0.3) is 0 Å². The summed E-state index contributed by atoms with van der Waals surface area (Å²) < 4.78 is 145. The molecule has 0 aliphatic heterocycles. The molecule has 1 aliphatic carbocycles. The summed E-state index contributed by atoms with van der Waals surface area (Å²) in [5.41, 5.74) is -3.50. The van der Waals surface area contributed by atoms with Gasteiger partial charge in [0.25, 0.3) is 0 Å². The maximum absolute atomic E-state index is 12.1. The van der Waals surface area contributed by atoms with Crippen molar-refractivity contribution in [2.24, 2.45) is 0 Å². The molecule has 4 aromatic carbocycles. The van der Waals surface area contributed by atoms with Crippen LogP contribution in [0.15, 0.2) is 68.1 Å². The topological polar surface area (TPSA) is 310 Å². The summed E-state index contributed by atoms with van der Waals surface area (Å²) in [4.78, 5) is -3.79. The van der Waals surface area contributed by atoms with Crippen LogP contribution < -0.4 is 118 Å². The van der Waals surface area contributed by atoms with Gasteiger partial charge in [0.2, 0.25) is 0 Å². The Morgan fingerprint density at radius 3 is 0.538 bits per heavy atom. The third-order valence-corrected chi connectivity index (χ3v) is 10.9. The number of phenols is 4. The minimum absolute atomic E-state index is 0. The summed E-state index contributed by atoms with van der Waals surface area (Å²) in [5, 5.41) is 44.6. The van der Waals surface area contributed by atoms with E-state index in [2.05, 4.69) is 0 Å². The van der Waals surface area contributed by atoms with Gasteiger partial charge in [0.15, 0.2) is 0 Å². The maximum atomic E-state index is 12.1. The van der Waals surface area contributed by atoms with Crippen LogP contribution in [0, 0.1) is 0 Å². The number of rotatable bonds is 4. The molecule has 52 heavy (non-hydrogen) atoms. The van der Waals surface area contributed by atoms with Crippen molar-refractivity contribution in [3.63, 3.8) is 0 Å². The molecule has 0 radical (unpaired) electrons. The molecular formula is C28H20Na4O16S4. The number of phenolic OH excluding ortho intramolecular Hbond substituents is 4. The van der Waals surface area contributed by atoms with Crippen LogP contribution in [0.4, 0.5) is 0 Å². The van der Waals surface area contributed by atoms with E-state index < -0.39 is 153 Å². The van der Waals surface area contributed by atoms with E-state index in [9.17, 15) is 72.3 Å². The third kappa shape index (κ3) is 11.0. The van der Waals surface area contributed by atoms with Crippen LogP contribution in [0.1, 0.15) is 44.5 Å². The molecule has 4 N–H and O–H groups in total. The van der Waals surface area contributed by atoms with E-state index in [1.54, 1.807) is 0 Å². The molecule has 0 aromatic heterocycles. The predicted molar refractivity (Wildman–Crippen MR) is 156 cm³/mol. The molecule has 5 rings (SSSR count). The van der Waals surface area contributed by atoms with Gasteiger partial charge in [0, 0.05) is 25.7 Å². The van der Waals surface area contributed by atoms with Crippen LogP contribution in [-0.2, 0) is 66.2 Å². The van der Waals surface area contributed by atoms with Crippen molar-refractivity contribution in [1.29, 1.82) is 0 Å². The van der Waals surface area contributed by atoms with Crippen LogP contribution in [0.5, 0.6) is 23.0 Å². The van der Waals surface area contributed by atoms with Crippen LogP contribution in [0.3, 0.4) is 0 Å². The van der Waals surface area contributed by atoms with E-state index in [0.717, 1.165) is 0 Å². The summed E-state index contributed by atoms with van der Waals surface area (Å²) >= 11 is 0. The molecule has 0 fully saturated rings. The average Bonchev–Trinajstić information content (AvgIpc) is 2.93. The third-order valence-electron chi connectivity index (χ3n) is 7.64. The summed E-state index contributed by atoms with van der Waals surface area (Å²) in [6.07, 6.45) is -3.04. The molecule has 0 amide bonds. The van der Waals surface area contributed by atoms with Gasteiger partial charge in [-0.15, -0.1) is 0 Å².